The third-order valence-electron chi connectivity index (χ3n) is 4.56. The molecule has 1 nitrogen and oxygen atoms in total. The smallest absolute Gasteiger partial charge is 0.0710 e. The molecule has 100 valence electrons. The first kappa shape index (κ1) is 12.7. The Hall–Kier alpha value is -1.37. The number of hydrogen-bond acceptors (Lipinski definition) is 1. The van der Waals surface area contributed by atoms with E-state index >= 15 is 0 Å². The molecule has 0 unspecified atom stereocenters. The second-order valence-corrected chi connectivity index (χ2v) is 6.15. The van der Waals surface area contributed by atoms with Gasteiger partial charge in [-0.25, -0.2) is 0 Å². The molecule has 3 rings (SSSR count). The van der Waals surface area contributed by atoms with Crippen LogP contribution in [0.5, 0.6) is 0 Å². The summed E-state index contributed by atoms with van der Waals surface area (Å²) >= 11 is 0. The SMILES string of the molecule is Cc1cc(C)c2cc(C3CCCCC3)c(C)nc2c1. The average molecular weight is 253 g/mol. The van der Waals surface area contributed by atoms with Gasteiger partial charge in [0.2, 0.25) is 0 Å². The summed E-state index contributed by atoms with van der Waals surface area (Å²) in [6.45, 7) is 6.54. The van der Waals surface area contributed by atoms with Gasteiger partial charge in [-0.05, 0) is 68.4 Å². The van der Waals surface area contributed by atoms with E-state index in [0.29, 0.717) is 0 Å². The molecule has 0 N–H and O–H groups in total. The van der Waals surface area contributed by atoms with Gasteiger partial charge in [0.25, 0.3) is 0 Å². The Labute approximate surface area is 116 Å². The first-order chi connectivity index (χ1) is 9.15. The van der Waals surface area contributed by atoms with Crippen molar-refractivity contribution < 1.29 is 0 Å². The largest absolute Gasteiger partial charge is 0.253 e. The molecule has 1 aromatic carbocycles. The van der Waals surface area contributed by atoms with Gasteiger partial charge in [0, 0.05) is 11.1 Å². The number of nitrogens with zero attached hydrogens (tertiary/aromatic N) is 1. The number of rotatable bonds is 1. The Morgan fingerprint density at radius 2 is 1.68 bits per heavy atom. The number of pyridine rings is 1. The van der Waals surface area contributed by atoms with Crippen molar-refractivity contribution in [3.8, 4) is 0 Å². The summed E-state index contributed by atoms with van der Waals surface area (Å²) in [5.74, 6) is 0.742. The molecule has 1 heterocycles. The van der Waals surface area contributed by atoms with Gasteiger partial charge in [-0.15, -0.1) is 0 Å². The Balaban J connectivity index is 2.12. The van der Waals surface area contributed by atoms with Crippen LogP contribution < -0.4 is 0 Å². The van der Waals surface area contributed by atoms with Crippen LogP contribution in [-0.2, 0) is 0 Å². The molecule has 1 aliphatic carbocycles. The van der Waals surface area contributed by atoms with Crippen molar-refractivity contribution in [3.63, 3.8) is 0 Å². The fourth-order valence-electron chi connectivity index (χ4n) is 3.57. The van der Waals surface area contributed by atoms with E-state index in [9.17, 15) is 0 Å². The van der Waals surface area contributed by atoms with E-state index in [2.05, 4.69) is 39.0 Å². The Morgan fingerprint density at radius 1 is 0.947 bits per heavy atom. The Kier molecular flexibility index (Phi) is 3.30. The minimum absolute atomic E-state index is 0.742. The summed E-state index contributed by atoms with van der Waals surface area (Å²) in [5, 5.41) is 1.34. The average Bonchev–Trinajstić information content (AvgIpc) is 2.38. The highest BCUT2D eigenvalue weighted by atomic mass is 14.7. The third kappa shape index (κ3) is 2.39. The van der Waals surface area contributed by atoms with Crippen molar-refractivity contribution in [2.75, 3.05) is 0 Å². The highest BCUT2D eigenvalue weighted by molar-refractivity contribution is 5.83. The number of fused-ring (bicyclic) bond motifs is 1. The minimum Gasteiger partial charge on any atom is -0.253 e. The summed E-state index contributed by atoms with van der Waals surface area (Å²) in [4.78, 5) is 4.87. The van der Waals surface area contributed by atoms with Gasteiger partial charge in [0.1, 0.15) is 0 Å². The maximum Gasteiger partial charge on any atom is 0.0710 e. The maximum absolute atomic E-state index is 4.87. The summed E-state index contributed by atoms with van der Waals surface area (Å²) in [7, 11) is 0. The number of benzene rings is 1. The number of aryl methyl sites for hydroxylation is 3. The fourth-order valence-corrected chi connectivity index (χ4v) is 3.57. The quantitative estimate of drug-likeness (QED) is 0.680. The van der Waals surface area contributed by atoms with Crippen LogP contribution in [-0.4, -0.2) is 4.98 Å². The molecule has 0 saturated heterocycles. The van der Waals surface area contributed by atoms with Gasteiger partial charge in [0.15, 0.2) is 0 Å². The highest BCUT2D eigenvalue weighted by Gasteiger charge is 2.18. The van der Waals surface area contributed by atoms with Crippen molar-refractivity contribution in [1.82, 2.24) is 4.98 Å². The lowest BCUT2D eigenvalue weighted by Crippen LogP contribution is -2.07. The molecule has 0 radical (unpaired) electrons. The van der Waals surface area contributed by atoms with Crippen LogP contribution in [0.4, 0.5) is 0 Å². The molecule has 1 heteroatoms. The number of aromatic nitrogens is 1. The van der Waals surface area contributed by atoms with Crippen LogP contribution in [0, 0.1) is 20.8 Å². The van der Waals surface area contributed by atoms with Crippen LogP contribution in [0.2, 0.25) is 0 Å². The first-order valence-corrected chi connectivity index (χ1v) is 7.53. The zero-order chi connectivity index (χ0) is 13.4. The first-order valence-electron chi connectivity index (χ1n) is 7.53. The lowest BCUT2D eigenvalue weighted by atomic mass is 9.83. The third-order valence-corrected chi connectivity index (χ3v) is 4.56. The van der Waals surface area contributed by atoms with Crippen molar-refractivity contribution >= 4 is 10.9 Å². The normalized spacial score (nSPS) is 17.0. The van der Waals surface area contributed by atoms with Gasteiger partial charge >= 0.3 is 0 Å². The molecular formula is C18H23N. The molecule has 19 heavy (non-hydrogen) atoms. The molecule has 1 aromatic heterocycles. The molecule has 0 atom stereocenters. The second kappa shape index (κ2) is 4.96. The van der Waals surface area contributed by atoms with Gasteiger partial charge in [-0.2, -0.15) is 0 Å². The van der Waals surface area contributed by atoms with Crippen LogP contribution in [0.15, 0.2) is 18.2 Å². The van der Waals surface area contributed by atoms with Gasteiger partial charge in [-0.1, -0.05) is 25.3 Å². The maximum atomic E-state index is 4.87. The molecule has 2 aromatic rings. The van der Waals surface area contributed by atoms with Crippen LogP contribution in [0.3, 0.4) is 0 Å². The highest BCUT2D eigenvalue weighted by Crippen LogP contribution is 2.35. The zero-order valence-electron chi connectivity index (χ0n) is 12.3. The summed E-state index contributed by atoms with van der Waals surface area (Å²) in [6, 6.07) is 6.90. The van der Waals surface area contributed by atoms with Crippen molar-refractivity contribution in [2.24, 2.45) is 0 Å². The summed E-state index contributed by atoms with van der Waals surface area (Å²) < 4.78 is 0. The molecular weight excluding hydrogens is 230 g/mol. The molecule has 0 bridgehead atoms. The molecule has 1 aliphatic rings. The van der Waals surface area contributed by atoms with E-state index in [-0.39, 0.29) is 0 Å². The minimum atomic E-state index is 0.742. The van der Waals surface area contributed by atoms with E-state index in [1.54, 1.807) is 0 Å². The fraction of sp³-hybridized carbons (Fsp3) is 0.500. The van der Waals surface area contributed by atoms with Crippen molar-refractivity contribution in [2.45, 2.75) is 58.8 Å². The Bertz CT molecular complexity index is 607. The summed E-state index contributed by atoms with van der Waals surface area (Å²) in [5.41, 5.74) is 6.57. The van der Waals surface area contributed by atoms with Gasteiger partial charge < -0.3 is 0 Å². The van der Waals surface area contributed by atoms with Crippen LogP contribution in [0.25, 0.3) is 10.9 Å². The van der Waals surface area contributed by atoms with E-state index in [1.165, 1.54) is 59.9 Å². The predicted molar refractivity (Wildman–Crippen MR) is 81.8 cm³/mol. The second-order valence-electron chi connectivity index (χ2n) is 6.15. The molecule has 1 saturated carbocycles. The zero-order valence-corrected chi connectivity index (χ0v) is 12.3. The monoisotopic (exact) mass is 253 g/mol. The molecule has 0 aliphatic heterocycles. The van der Waals surface area contributed by atoms with E-state index in [1.807, 2.05) is 0 Å². The van der Waals surface area contributed by atoms with Gasteiger partial charge in [-0.3, -0.25) is 4.98 Å². The molecule has 1 fully saturated rings. The lowest BCUT2D eigenvalue weighted by Gasteiger charge is -2.23. The molecule has 0 spiro atoms. The topological polar surface area (TPSA) is 12.9 Å². The predicted octanol–water partition coefficient (Wildman–Crippen LogP) is 5.21. The van der Waals surface area contributed by atoms with Gasteiger partial charge in [0.05, 0.1) is 5.52 Å². The number of hydrogen-bond donors (Lipinski definition) is 0. The van der Waals surface area contributed by atoms with Crippen molar-refractivity contribution in [3.05, 3.63) is 40.6 Å². The van der Waals surface area contributed by atoms with Crippen LogP contribution in [0.1, 0.15) is 60.4 Å². The van der Waals surface area contributed by atoms with E-state index in [4.69, 9.17) is 4.98 Å². The van der Waals surface area contributed by atoms with Crippen LogP contribution >= 0.6 is 0 Å². The van der Waals surface area contributed by atoms with E-state index < -0.39 is 0 Å². The summed E-state index contributed by atoms with van der Waals surface area (Å²) in [6.07, 6.45) is 6.87. The van der Waals surface area contributed by atoms with E-state index in [0.717, 1.165) is 11.4 Å². The lowest BCUT2D eigenvalue weighted by molar-refractivity contribution is 0.442. The Morgan fingerprint density at radius 3 is 2.42 bits per heavy atom. The van der Waals surface area contributed by atoms with Crippen molar-refractivity contribution in [1.29, 1.82) is 0 Å². The molecule has 0 amide bonds. The standard InChI is InChI=1S/C18H23N/c1-12-9-13(2)16-11-17(14(3)19-18(16)10-12)15-7-5-4-6-8-15/h9-11,15H,4-8H2,1-3H3.